The van der Waals surface area contributed by atoms with Gasteiger partial charge in [-0.2, -0.15) is 0 Å². The topological polar surface area (TPSA) is 131 Å². The van der Waals surface area contributed by atoms with Crippen molar-refractivity contribution < 1.29 is 23.0 Å². The van der Waals surface area contributed by atoms with Gasteiger partial charge in [-0.05, 0) is 92.4 Å². The maximum absolute atomic E-state index is 13.0. The third-order valence-electron chi connectivity index (χ3n) is 8.74. The number of hydrogen-bond donors (Lipinski definition) is 3. The van der Waals surface area contributed by atoms with Gasteiger partial charge in [-0.25, -0.2) is 12.9 Å². The number of sulfone groups is 1. The highest BCUT2D eigenvalue weighted by molar-refractivity contribution is 7.91. The van der Waals surface area contributed by atoms with E-state index < -0.39 is 16.1 Å². The minimum atomic E-state index is -3.72. The van der Waals surface area contributed by atoms with Crippen LogP contribution in [0, 0.1) is 6.92 Å². The van der Waals surface area contributed by atoms with Gasteiger partial charge < -0.3 is 19.9 Å². The lowest BCUT2D eigenvalue weighted by molar-refractivity contribution is -0.0788. The molecular formula is C38H48ClN5O5S. The summed E-state index contributed by atoms with van der Waals surface area (Å²) >= 11 is 6.28. The van der Waals surface area contributed by atoms with E-state index in [4.69, 9.17) is 21.1 Å². The van der Waals surface area contributed by atoms with Crippen LogP contribution in [0.25, 0.3) is 5.65 Å². The molecule has 0 radical (unpaired) electrons. The van der Waals surface area contributed by atoms with Crippen LogP contribution in [-0.2, 0) is 27.4 Å². The highest BCUT2D eigenvalue weighted by Crippen LogP contribution is 2.26. The smallest absolute Gasteiger partial charge is 0.206 e. The first-order valence-electron chi connectivity index (χ1n) is 17.6. The zero-order valence-electron chi connectivity index (χ0n) is 28.9. The summed E-state index contributed by atoms with van der Waals surface area (Å²) in [7, 11) is -3.72. The van der Waals surface area contributed by atoms with Gasteiger partial charge in [0.05, 0.1) is 15.5 Å². The largest absolute Gasteiger partial charge is 0.508 e. The molecular weight excluding hydrogens is 674 g/mol. The number of anilines is 1. The zero-order chi connectivity index (χ0) is 35.3. The third-order valence-corrected chi connectivity index (χ3v) is 11.0. The van der Waals surface area contributed by atoms with Crippen molar-refractivity contribution in [2.24, 2.45) is 0 Å². The fourth-order valence-electron chi connectivity index (χ4n) is 5.81. The average Bonchev–Trinajstić information content (AvgIpc) is 3.64. The van der Waals surface area contributed by atoms with Crippen molar-refractivity contribution in [2.75, 3.05) is 12.0 Å². The van der Waals surface area contributed by atoms with E-state index in [1.807, 2.05) is 23.6 Å². The number of nitrogens with one attached hydrogen (secondary N) is 2. The van der Waals surface area contributed by atoms with Gasteiger partial charge in [0.15, 0.2) is 11.5 Å². The van der Waals surface area contributed by atoms with E-state index in [0.29, 0.717) is 16.4 Å². The normalized spacial score (nSPS) is 12.4. The molecule has 2 heterocycles. The van der Waals surface area contributed by atoms with E-state index in [-0.39, 0.29) is 22.3 Å². The number of aromatic hydroxyl groups is 1. The number of aryl methyl sites for hydroxylation is 3. The van der Waals surface area contributed by atoms with Gasteiger partial charge >= 0.3 is 0 Å². The maximum atomic E-state index is 13.0. The Morgan fingerprint density at radius 2 is 1.48 bits per heavy atom. The highest BCUT2D eigenvalue weighted by atomic mass is 35.5. The summed E-state index contributed by atoms with van der Waals surface area (Å²) in [5.41, 5.74) is 3.71. The monoisotopic (exact) mass is 721 g/mol. The molecule has 5 rings (SSSR count). The molecule has 2 aromatic heterocycles. The van der Waals surface area contributed by atoms with Gasteiger partial charge in [-0.1, -0.05) is 75.6 Å². The first kappa shape index (κ1) is 37.2. The van der Waals surface area contributed by atoms with Gasteiger partial charge in [-0.15, -0.1) is 10.2 Å². The van der Waals surface area contributed by atoms with Gasteiger partial charge in [-0.3, -0.25) is 5.10 Å². The number of fused-ring (bicyclic) bond motifs is 1. The van der Waals surface area contributed by atoms with Crippen molar-refractivity contribution in [1.82, 2.24) is 19.8 Å². The molecule has 12 heteroatoms. The molecule has 5 aromatic rings. The Kier molecular flexibility index (Phi) is 13.6. The molecule has 0 aliphatic carbocycles. The van der Waals surface area contributed by atoms with E-state index in [0.717, 1.165) is 55.7 Å². The standard InChI is InChI=1S/C38H48ClN5O5S/c1-3-4-5-6-7-8-9-10-14-36(49-32-21-25-34(26-22-32)50(46,47)33-23-19-31(45)20-24-33)48-27-40-30-17-15-29(16-18-30)12-11-13-35-41-42-38-37(39)28(2)43-44(35)38/h15-26,36,40,43,45H,3-14,27H2,1-2H3. The van der Waals surface area contributed by atoms with Crippen molar-refractivity contribution in [3.63, 3.8) is 0 Å². The summed E-state index contributed by atoms with van der Waals surface area (Å²) in [5, 5.41) is 25.2. The summed E-state index contributed by atoms with van der Waals surface area (Å²) in [4.78, 5) is 0.266. The van der Waals surface area contributed by atoms with Crippen molar-refractivity contribution >= 4 is 32.8 Å². The van der Waals surface area contributed by atoms with Gasteiger partial charge in [0, 0.05) is 18.5 Å². The number of aromatic amines is 1. The van der Waals surface area contributed by atoms with E-state index >= 15 is 0 Å². The summed E-state index contributed by atoms with van der Waals surface area (Å²) in [6.07, 6.45) is 12.5. The lowest BCUT2D eigenvalue weighted by Crippen LogP contribution is -2.24. The molecule has 0 aliphatic rings. The molecule has 50 heavy (non-hydrogen) atoms. The summed E-state index contributed by atoms with van der Waals surface area (Å²) in [5.74, 6) is 1.41. The minimum Gasteiger partial charge on any atom is -0.508 e. The van der Waals surface area contributed by atoms with E-state index in [9.17, 15) is 13.5 Å². The van der Waals surface area contributed by atoms with Crippen molar-refractivity contribution in [1.29, 1.82) is 0 Å². The Labute approximate surface area is 300 Å². The summed E-state index contributed by atoms with van der Waals surface area (Å²) < 4.78 is 40.3. The van der Waals surface area contributed by atoms with Crippen LogP contribution in [0.3, 0.4) is 0 Å². The number of phenolic OH excluding ortho intramolecular Hbond substituents is 1. The molecule has 268 valence electrons. The molecule has 0 fully saturated rings. The van der Waals surface area contributed by atoms with Gasteiger partial charge in [0.1, 0.15) is 23.3 Å². The Morgan fingerprint density at radius 1 is 0.840 bits per heavy atom. The lowest BCUT2D eigenvalue weighted by Gasteiger charge is -2.20. The van der Waals surface area contributed by atoms with Crippen LogP contribution >= 0.6 is 11.6 Å². The number of halogens is 1. The molecule has 10 nitrogen and oxygen atoms in total. The predicted octanol–water partition coefficient (Wildman–Crippen LogP) is 9.05. The Bertz CT molecular complexity index is 1870. The minimum absolute atomic E-state index is 0.0116. The molecule has 0 aliphatic heterocycles. The molecule has 0 spiro atoms. The van der Waals surface area contributed by atoms with E-state index in [1.54, 1.807) is 12.1 Å². The van der Waals surface area contributed by atoms with Crippen LogP contribution in [0.2, 0.25) is 5.02 Å². The Morgan fingerprint density at radius 3 is 2.16 bits per heavy atom. The number of H-pyrrole nitrogens is 1. The van der Waals surface area contributed by atoms with E-state index in [2.05, 4.69) is 39.7 Å². The number of unbranched alkanes of at least 4 members (excludes halogenated alkanes) is 7. The quantitative estimate of drug-likeness (QED) is 0.0505. The average molecular weight is 722 g/mol. The number of benzene rings is 3. The molecule has 1 atom stereocenters. The second-order valence-electron chi connectivity index (χ2n) is 12.6. The first-order chi connectivity index (χ1) is 24.2. The molecule has 0 saturated carbocycles. The SMILES string of the molecule is CCCCCCCCCCC(OCNc1ccc(CCCc2nnc3c(Cl)c(C)[nH]n23)cc1)Oc1ccc(S(=O)(=O)c2ccc(O)cc2)cc1. The molecule has 1 unspecified atom stereocenters. The van der Waals surface area contributed by atoms with Crippen molar-refractivity contribution in [3.8, 4) is 11.5 Å². The molecule has 0 saturated heterocycles. The zero-order valence-corrected chi connectivity index (χ0v) is 30.5. The lowest BCUT2D eigenvalue weighted by atomic mass is 10.1. The third kappa shape index (κ3) is 10.2. The number of nitrogens with zero attached hydrogens (tertiary/aromatic N) is 3. The van der Waals surface area contributed by atoms with Gasteiger partial charge in [0.2, 0.25) is 16.1 Å². The molecule has 3 N–H and O–H groups in total. The number of rotatable bonds is 21. The number of hydrogen-bond acceptors (Lipinski definition) is 8. The fraction of sp³-hybridized carbons (Fsp3) is 0.421. The molecule has 0 bridgehead atoms. The molecule has 3 aromatic carbocycles. The number of aromatic nitrogens is 4. The Balaban J connectivity index is 1.11. The Hall–Kier alpha value is -4.06. The second-order valence-corrected chi connectivity index (χ2v) is 15.0. The highest BCUT2D eigenvalue weighted by Gasteiger charge is 2.19. The summed E-state index contributed by atoms with van der Waals surface area (Å²) in [6, 6.07) is 20.2. The van der Waals surface area contributed by atoms with Crippen LogP contribution in [0.1, 0.15) is 88.2 Å². The first-order valence-corrected chi connectivity index (χ1v) is 19.4. The predicted molar refractivity (Wildman–Crippen MR) is 197 cm³/mol. The van der Waals surface area contributed by atoms with Gasteiger partial charge in [0.25, 0.3) is 0 Å². The second kappa shape index (κ2) is 18.3. The number of ether oxygens (including phenoxy) is 2. The van der Waals surface area contributed by atoms with Crippen LogP contribution < -0.4 is 10.1 Å². The number of phenols is 1. The maximum Gasteiger partial charge on any atom is 0.206 e. The fourth-order valence-corrected chi connectivity index (χ4v) is 7.24. The van der Waals surface area contributed by atoms with Crippen LogP contribution in [0.15, 0.2) is 82.6 Å². The summed E-state index contributed by atoms with van der Waals surface area (Å²) in [6.45, 7) is 4.41. The van der Waals surface area contributed by atoms with Crippen molar-refractivity contribution in [2.45, 2.75) is 107 Å². The van der Waals surface area contributed by atoms with Crippen LogP contribution in [0.5, 0.6) is 11.5 Å². The molecule has 0 amide bonds. The van der Waals surface area contributed by atoms with Crippen LogP contribution in [-0.4, -0.2) is 46.4 Å². The van der Waals surface area contributed by atoms with E-state index in [1.165, 1.54) is 80.5 Å². The van der Waals surface area contributed by atoms with Crippen LogP contribution in [0.4, 0.5) is 5.69 Å². The van der Waals surface area contributed by atoms with Crippen molar-refractivity contribution in [3.05, 3.63) is 94.9 Å².